The van der Waals surface area contributed by atoms with Gasteiger partial charge in [-0.3, -0.25) is 9.69 Å². The van der Waals surface area contributed by atoms with E-state index in [1.54, 1.807) is 7.05 Å². The molecule has 1 aliphatic rings. The summed E-state index contributed by atoms with van der Waals surface area (Å²) in [5.74, 6) is 0.124. The number of carbonyl (C=O) groups is 1. The number of hydrogen-bond acceptors (Lipinski definition) is 3. The maximum atomic E-state index is 11.7. The van der Waals surface area contributed by atoms with Crippen LogP contribution in [0, 0.1) is 0 Å². The van der Waals surface area contributed by atoms with Gasteiger partial charge in [0.05, 0.1) is 6.04 Å². The standard InChI is InChI=1S/C12H25N3O/c1-4-8-15(10(2)12(16)13-3)11-6-5-7-14-9-11/h10-11,14H,4-9H2,1-3H3,(H,13,16). The predicted molar refractivity (Wildman–Crippen MR) is 66.4 cm³/mol. The molecule has 1 amide bonds. The Morgan fingerprint density at radius 1 is 1.62 bits per heavy atom. The van der Waals surface area contributed by atoms with Crippen LogP contribution in [0.1, 0.15) is 33.1 Å². The molecule has 0 saturated carbocycles. The normalized spacial score (nSPS) is 23.1. The zero-order chi connectivity index (χ0) is 12.0. The molecule has 4 nitrogen and oxygen atoms in total. The zero-order valence-electron chi connectivity index (χ0n) is 10.8. The molecule has 0 aromatic rings. The smallest absolute Gasteiger partial charge is 0.236 e. The van der Waals surface area contributed by atoms with E-state index >= 15 is 0 Å². The quantitative estimate of drug-likeness (QED) is 0.722. The zero-order valence-corrected chi connectivity index (χ0v) is 10.8. The minimum absolute atomic E-state index is 0.0187. The molecule has 16 heavy (non-hydrogen) atoms. The minimum Gasteiger partial charge on any atom is -0.358 e. The van der Waals surface area contributed by atoms with E-state index in [1.165, 1.54) is 12.8 Å². The van der Waals surface area contributed by atoms with E-state index in [4.69, 9.17) is 0 Å². The molecular formula is C12H25N3O. The molecule has 1 fully saturated rings. The number of nitrogens with zero attached hydrogens (tertiary/aromatic N) is 1. The van der Waals surface area contributed by atoms with Gasteiger partial charge in [-0.1, -0.05) is 6.92 Å². The van der Waals surface area contributed by atoms with Gasteiger partial charge in [0.1, 0.15) is 0 Å². The first-order valence-corrected chi connectivity index (χ1v) is 6.38. The van der Waals surface area contributed by atoms with Gasteiger partial charge in [0.25, 0.3) is 0 Å². The van der Waals surface area contributed by atoms with Crippen LogP contribution >= 0.6 is 0 Å². The third kappa shape index (κ3) is 3.46. The molecule has 1 aliphatic heterocycles. The van der Waals surface area contributed by atoms with E-state index in [0.29, 0.717) is 6.04 Å². The Bertz CT molecular complexity index is 214. The fraction of sp³-hybridized carbons (Fsp3) is 0.917. The van der Waals surface area contributed by atoms with Crippen molar-refractivity contribution in [2.45, 2.75) is 45.2 Å². The highest BCUT2D eigenvalue weighted by atomic mass is 16.2. The number of likely N-dealkylation sites (N-methyl/N-ethyl adjacent to an activating group) is 1. The van der Waals surface area contributed by atoms with E-state index < -0.39 is 0 Å². The van der Waals surface area contributed by atoms with Crippen molar-refractivity contribution in [3.8, 4) is 0 Å². The first kappa shape index (κ1) is 13.5. The monoisotopic (exact) mass is 227 g/mol. The fourth-order valence-corrected chi connectivity index (χ4v) is 2.43. The second kappa shape index (κ2) is 6.86. The Balaban J connectivity index is 2.60. The van der Waals surface area contributed by atoms with Crippen LogP contribution in [0.3, 0.4) is 0 Å². The van der Waals surface area contributed by atoms with Crippen molar-refractivity contribution >= 4 is 5.91 Å². The highest BCUT2D eigenvalue weighted by Crippen LogP contribution is 2.14. The van der Waals surface area contributed by atoms with Gasteiger partial charge in [0.2, 0.25) is 5.91 Å². The number of nitrogens with one attached hydrogen (secondary N) is 2. The minimum atomic E-state index is -0.0187. The van der Waals surface area contributed by atoms with E-state index in [2.05, 4.69) is 22.5 Å². The third-order valence-electron chi connectivity index (χ3n) is 3.34. The third-order valence-corrected chi connectivity index (χ3v) is 3.34. The maximum absolute atomic E-state index is 11.7. The number of piperidine rings is 1. The molecule has 2 atom stereocenters. The SMILES string of the molecule is CCCN(C1CCCNC1)C(C)C(=O)NC. The summed E-state index contributed by atoms with van der Waals surface area (Å²) in [4.78, 5) is 14.0. The summed E-state index contributed by atoms with van der Waals surface area (Å²) < 4.78 is 0. The Labute approximate surface area is 98.8 Å². The van der Waals surface area contributed by atoms with Crippen molar-refractivity contribution in [1.29, 1.82) is 0 Å². The summed E-state index contributed by atoms with van der Waals surface area (Å²) in [6.45, 7) is 7.30. The molecule has 0 aromatic carbocycles. The molecule has 1 rings (SSSR count). The van der Waals surface area contributed by atoms with E-state index in [1.807, 2.05) is 6.92 Å². The van der Waals surface area contributed by atoms with E-state index in [0.717, 1.165) is 26.1 Å². The number of amides is 1. The molecule has 0 radical (unpaired) electrons. The molecule has 94 valence electrons. The van der Waals surface area contributed by atoms with Crippen LogP contribution in [0.4, 0.5) is 0 Å². The van der Waals surface area contributed by atoms with Gasteiger partial charge in [-0.25, -0.2) is 0 Å². The van der Waals surface area contributed by atoms with Gasteiger partial charge in [0, 0.05) is 19.6 Å². The molecule has 2 N–H and O–H groups in total. The van der Waals surface area contributed by atoms with Gasteiger partial charge < -0.3 is 10.6 Å². The van der Waals surface area contributed by atoms with Gasteiger partial charge in [0.15, 0.2) is 0 Å². The topological polar surface area (TPSA) is 44.4 Å². The highest BCUT2D eigenvalue weighted by Gasteiger charge is 2.27. The van der Waals surface area contributed by atoms with Crippen molar-refractivity contribution in [3.63, 3.8) is 0 Å². The van der Waals surface area contributed by atoms with Crippen molar-refractivity contribution in [1.82, 2.24) is 15.5 Å². The van der Waals surface area contributed by atoms with Crippen LogP contribution in [0.5, 0.6) is 0 Å². The summed E-state index contributed by atoms with van der Waals surface area (Å²) in [6, 6.07) is 0.496. The van der Waals surface area contributed by atoms with Crippen molar-refractivity contribution in [2.75, 3.05) is 26.7 Å². The number of rotatable bonds is 5. The Hall–Kier alpha value is -0.610. The first-order chi connectivity index (χ1) is 7.70. The Morgan fingerprint density at radius 2 is 2.38 bits per heavy atom. The molecule has 0 spiro atoms. The van der Waals surface area contributed by atoms with E-state index in [-0.39, 0.29) is 11.9 Å². The molecule has 1 saturated heterocycles. The summed E-state index contributed by atoms with van der Waals surface area (Å²) >= 11 is 0. The number of carbonyl (C=O) groups excluding carboxylic acids is 1. The average Bonchev–Trinajstić information content (AvgIpc) is 2.35. The molecule has 2 unspecified atom stereocenters. The lowest BCUT2D eigenvalue weighted by Crippen LogP contribution is -2.54. The molecule has 1 heterocycles. The summed E-state index contributed by atoms with van der Waals surface area (Å²) in [6.07, 6.45) is 3.51. The van der Waals surface area contributed by atoms with Gasteiger partial charge >= 0.3 is 0 Å². The Kier molecular flexibility index (Phi) is 5.77. The lowest BCUT2D eigenvalue weighted by Gasteiger charge is -2.37. The largest absolute Gasteiger partial charge is 0.358 e. The van der Waals surface area contributed by atoms with Gasteiger partial charge in [-0.15, -0.1) is 0 Å². The van der Waals surface area contributed by atoms with Gasteiger partial charge in [-0.2, -0.15) is 0 Å². The van der Waals surface area contributed by atoms with Crippen molar-refractivity contribution in [3.05, 3.63) is 0 Å². The lowest BCUT2D eigenvalue weighted by molar-refractivity contribution is -0.126. The van der Waals surface area contributed by atoms with Crippen molar-refractivity contribution < 1.29 is 4.79 Å². The predicted octanol–water partition coefficient (Wildman–Crippen LogP) is 0.585. The molecule has 0 aromatic heterocycles. The molecule has 4 heteroatoms. The van der Waals surface area contributed by atoms with E-state index in [9.17, 15) is 4.79 Å². The van der Waals surface area contributed by atoms with Gasteiger partial charge in [-0.05, 0) is 39.3 Å². The second-order valence-electron chi connectivity index (χ2n) is 4.53. The van der Waals surface area contributed by atoms with Crippen LogP contribution in [0.15, 0.2) is 0 Å². The van der Waals surface area contributed by atoms with Crippen LogP contribution in [-0.2, 0) is 4.79 Å². The molecule has 0 aliphatic carbocycles. The fourth-order valence-electron chi connectivity index (χ4n) is 2.43. The number of hydrogen-bond donors (Lipinski definition) is 2. The van der Waals surface area contributed by atoms with Crippen LogP contribution in [-0.4, -0.2) is 49.6 Å². The summed E-state index contributed by atoms with van der Waals surface area (Å²) in [5, 5.41) is 6.15. The summed E-state index contributed by atoms with van der Waals surface area (Å²) in [5.41, 5.74) is 0. The lowest BCUT2D eigenvalue weighted by atomic mass is 10.0. The first-order valence-electron chi connectivity index (χ1n) is 6.38. The van der Waals surface area contributed by atoms with Crippen LogP contribution in [0.2, 0.25) is 0 Å². The highest BCUT2D eigenvalue weighted by molar-refractivity contribution is 5.81. The second-order valence-corrected chi connectivity index (χ2v) is 4.53. The maximum Gasteiger partial charge on any atom is 0.236 e. The Morgan fingerprint density at radius 3 is 2.88 bits per heavy atom. The average molecular weight is 227 g/mol. The van der Waals surface area contributed by atoms with Crippen LogP contribution in [0.25, 0.3) is 0 Å². The molecular weight excluding hydrogens is 202 g/mol. The van der Waals surface area contributed by atoms with Crippen molar-refractivity contribution in [2.24, 2.45) is 0 Å². The molecule has 0 bridgehead atoms. The van der Waals surface area contributed by atoms with Crippen LogP contribution < -0.4 is 10.6 Å². The summed E-state index contributed by atoms with van der Waals surface area (Å²) in [7, 11) is 1.71.